The normalized spacial score (nSPS) is 17.2. The fourth-order valence-electron chi connectivity index (χ4n) is 4.75. The van der Waals surface area contributed by atoms with Crippen LogP contribution in [0.2, 0.25) is 0 Å². The standard InChI is InChI=1S/C25H25NO2S2/c1-3-14-10-18-19(11-15(14)4-2)23(28)20(22(18)27)12-17-13-21-25(29-17)26-24(30-21)16-8-6-5-7-9-16/h10-13,16H,3-9H2,1-2H3. The molecule has 1 aromatic carbocycles. The number of carbonyl (C=O) groups excluding carboxylic acids is 2. The lowest BCUT2D eigenvalue weighted by molar-refractivity contribution is 0.0990. The molecule has 2 heterocycles. The summed E-state index contributed by atoms with van der Waals surface area (Å²) < 4.78 is 1.17. The van der Waals surface area contributed by atoms with Gasteiger partial charge in [-0.2, -0.15) is 0 Å². The first-order valence-corrected chi connectivity index (χ1v) is 12.6. The lowest BCUT2D eigenvalue weighted by Crippen LogP contribution is -2.03. The van der Waals surface area contributed by atoms with Gasteiger partial charge in [0.1, 0.15) is 4.83 Å². The van der Waals surface area contributed by atoms with Crippen molar-refractivity contribution in [3.05, 3.63) is 55.9 Å². The maximum atomic E-state index is 13.0. The van der Waals surface area contributed by atoms with Gasteiger partial charge in [0.2, 0.25) is 0 Å². The monoisotopic (exact) mass is 435 g/mol. The number of rotatable bonds is 4. The van der Waals surface area contributed by atoms with Crippen LogP contribution in [0.3, 0.4) is 0 Å². The Morgan fingerprint density at radius 2 is 1.57 bits per heavy atom. The third-order valence-corrected chi connectivity index (χ3v) is 8.72. The number of aromatic nitrogens is 1. The molecule has 3 nitrogen and oxygen atoms in total. The number of hydrogen-bond acceptors (Lipinski definition) is 5. The van der Waals surface area contributed by atoms with E-state index < -0.39 is 0 Å². The van der Waals surface area contributed by atoms with Crippen molar-refractivity contribution in [1.29, 1.82) is 0 Å². The summed E-state index contributed by atoms with van der Waals surface area (Å²) in [6.07, 6.45) is 9.97. The Kier molecular flexibility index (Phi) is 5.19. The lowest BCUT2D eigenvalue weighted by atomic mass is 9.90. The van der Waals surface area contributed by atoms with E-state index in [2.05, 4.69) is 19.9 Å². The van der Waals surface area contributed by atoms with Crippen LogP contribution >= 0.6 is 22.7 Å². The molecule has 30 heavy (non-hydrogen) atoms. The Morgan fingerprint density at radius 3 is 2.13 bits per heavy atom. The van der Waals surface area contributed by atoms with E-state index in [1.165, 1.54) is 41.8 Å². The fourth-order valence-corrected chi connectivity index (χ4v) is 7.10. The van der Waals surface area contributed by atoms with Gasteiger partial charge in [-0.1, -0.05) is 33.1 Å². The molecular formula is C25H25NO2S2. The predicted molar refractivity (Wildman–Crippen MR) is 125 cm³/mol. The van der Waals surface area contributed by atoms with Gasteiger partial charge in [-0.3, -0.25) is 9.59 Å². The molecule has 2 aliphatic carbocycles. The molecule has 154 valence electrons. The molecule has 2 aliphatic rings. The van der Waals surface area contributed by atoms with E-state index in [0.717, 1.165) is 33.7 Å². The van der Waals surface area contributed by atoms with Gasteiger partial charge in [-0.05, 0) is 61.1 Å². The minimum atomic E-state index is -0.139. The van der Waals surface area contributed by atoms with Crippen LogP contribution in [0.4, 0.5) is 0 Å². The quantitative estimate of drug-likeness (QED) is 0.328. The van der Waals surface area contributed by atoms with Crippen LogP contribution < -0.4 is 0 Å². The summed E-state index contributed by atoms with van der Waals surface area (Å²) in [5.41, 5.74) is 3.75. The van der Waals surface area contributed by atoms with Gasteiger partial charge in [0.25, 0.3) is 0 Å². The molecule has 0 N–H and O–H groups in total. The molecule has 0 amide bonds. The number of allylic oxidation sites excluding steroid dienone is 1. The number of Topliss-reactive ketones (excluding diaryl/α,β-unsaturated/α-hetero) is 2. The molecule has 0 atom stereocenters. The SMILES string of the molecule is CCc1cc2c(cc1CC)C(=O)C(=Cc1cc3sc(C4CCCCC4)nc3s1)C2=O. The Morgan fingerprint density at radius 1 is 0.933 bits per heavy atom. The zero-order chi connectivity index (χ0) is 20.8. The average Bonchev–Trinajstić information content (AvgIpc) is 3.40. The van der Waals surface area contributed by atoms with E-state index >= 15 is 0 Å². The van der Waals surface area contributed by atoms with E-state index in [9.17, 15) is 9.59 Å². The number of ketones is 2. The first-order chi connectivity index (χ1) is 14.6. The number of benzene rings is 1. The van der Waals surface area contributed by atoms with E-state index in [-0.39, 0.29) is 11.6 Å². The van der Waals surface area contributed by atoms with E-state index in [0.29, 0.717) is 22.6 Å². The summed E-state index contributed by atoms with van der Waals surface area (Å²) in [7, 11) is 0. The van der Waals surface area contributed by atoms with Gasteiger partial charge < -0.3 is 0 Å². The van der Waals surface area contributed by atoms with E-state index in [1.54, 1.807) is 28.7 Å². The van der Waals surface area contributed by atoms with Crippen molar-refractivity contribution in [1.82, 2.24) is 4.98 Å². The van der Waals surface area contributed by atoms with Crippen molar-refractivity contribution in [3.8, 4) is 0 Å². The van der Waals surface area contributed by atoms with Gasteiger partial charge in [0.05, 0.1) is 15.3 Å². The molecule has 5 heteroatoms. The number of carbonyl (C=O) groups is 2. The molecule has 1 saturated carbocycles. The molecule has 1 fully saturated rings. The lowest BCUT2D eigenvalue weighted by Gasteiger charge is -2.18. The third-order valence-electron chi connectivity index (χ3n) is 6.45. The Balaban J connectivity index is 1.47. The molecule has 3 aromatic rings. The second-order valence-electron chi connectivity index (χ2n) is 8.30. The topological polar surface area (TPSA) is 47.0 Å². The van der Waals surface area contributed by atoms with Crippen molar-refractivity contribution >= 4 is 49.8 Å². The van der Waals surface area contributed by atoms with Crippen LogP contribution in [0.25, 0.3) is 15.6 Å². The highest BCUT2D eigenvalue weighted by Crippen LogP contribution is 2.40. The highest BCUT2D eigenvalue weighted by atomic mass is 32.1. The minimum absolute atomic E-state index is 0.139. The van der Waals surface area contributed by atoms with Gasteiger partial charge >= 0.3 is 0 Å². The van der Waals surface area contributed by atoms with Gasteiger partial charge in [-0.25, -0.2) is 4.98 Å². The molecule has 0 radical (unpaired) electrons. The Bertz CT molecular complexity index is 1110. The summed E-state index contributed by atoms with van der Waals surface area (Å²) in [6.45, 7) is 4.18. The highest BCUT2D eigenvalue weighted by molar-refractivity contribution is 7.27. The van der Waals surface area contributed by atoms with Crippen molar-refractivity contribution in [3.63, 3.8) is 0 Å². The maximum Gasteiger partial charge on any atom is 0.197 e. The summed E-state index contributed by atoms with van der Waals surface area (Å²) >= 11 is 3.37. The first-order valence-electron chi connectivity index (χ1n) is 11.0. The Hall–Kier alpha value is -2.11. The van der Waals surface area contributed by atoms with Crippen molar-refractivity contribution in [2.45, 2.75) is 64.7 Å². The summed E-state index contributed by atoms with van der Waals surface area (Å²) in [4.78, 5) is 32.9. The zero-order valence-electron chi connectivity index (χ0n) is 17.4. The summed E-state index contributed by atoms with van der Waals surface area (Å²) in [6, 6.07) is 5.95. The molecule has 0 aliphatic heterocycles. The number of hydrogen-bond donors (Lipinski definition) is 0. The van der Waals surface area contributed by atoms with E-state index in [1.807, 2.05) is 12.1 Å². The summed E-state index contributed by atoms with van der Waals surface area (Å²) in [5, 5.41) is 1.26. The fraction of sp³-hybridized carbons (Fsp3) is 0.400. The van der Waals surface area contributed by atoms with Crippen LogP contribution in [-0.2, 0) is 12.8 Å². The smallest absolute Gasteiger partial charge is 0.197 e. The number of fused-ring (bicyclic) bond motifs is 2. The largest absolute Gasteiger partial charge is 0.288 e. The second-order valence-corrected chi connectivity index (χ2v) is 10.4. The second kappa shape index (κ2) is 7.86. The van der Waals surface area contributed by atoms with Gasteiger partial charge in [-0.15, -0.1) is 22.7 Å². The molecule has 0 bridgehead atoms. The Labute approximate surface area is 184 Å². The van der Waals surface area contributed by atoms with Gasteiger partial charge in [0.15, 0.2) is 11.6 Å². The van der Waals surface area contributed by atoms with Crippen molar-refractivity contribution in [2.75, 3.05) is 0 Å². The number of thiazole rings is 1. The number of thiophene rings is 1. The van der Waals surface area contributed by atoms with Crippen LogP contribution in [-0.4, -0.2) is 16.6 Å². The molecule has 0 saturated heterocycles. The predicted octanol–water partition coefficient (Wildman–Crippen LogP) is 6.99. The van der Waals surface area contributed by atoms with Crippen molar-refractivity contribution in [2.24, 2.45) is 0 Å². The maximum absolute atomic E-state index is 13.0. The minimum Gasteiger partial charge on any atom is -0.288 e. The van der Waals surface area contributed by atoms with Crippen LogP contribution in [0.1, 0.15) is 93.6 Å². The summed E-state index contributed by atoms with van der Waals surface area (Å²) in [5.74, 6) is 0.332. The first kappa shape index (κ1) is 19.8. The van der Waals surface area contributed by atoms with E-state index in [4.69, 9.17) is 4.98 Å². The zero-order valence-corrected chi connectivity index (χ0v) is 19.0. The number of aryl methyl sites for hydroxylation is 2. The molecule has 2 aromatic heterocycles. The van der Waals surface area contributed by atoms with Crippen LogP contribution in [0, 0.1) is 0 Å². The molecule has 0 spiro atoms. The average molecular weight is 436 g/mol. The molecular weight excluding hydrogens is 410 g/mol. The molecule has 0 unspecified atom stereocenters. The molecule has 5 rings (SSSR count). The highest BCUT2D eigenvalue weighted by Gasteiger charge is 2.34. The number of nitrogens with zero attached hydrogens (tertiary/aromatic N) is 1. The third kappa shape index (κ3) is 3.28. The van der Waals surface area contributed by atoms with Gasteiger partial charge in [0, 0.05) is 21.9 Å². The van der Waals surface area contributed by atoms with Crippen LogP contribution in [0.5, 0.6) is 0 Å². The van der Waals surface area contributed by atoms with Crippen LogP contribution in [0.15, 0.2) is 23.8 Å². The van der Waals surface area contributed by atoms with Crippen molar-refractivity contribution < 1.29 is 9.59 Å².